The molecule has 0 fully saturated rings. The number of unbranched alkanes of at least 4 members (excludes halogenated alkanes) is 2. The quantitative estimate of drug-likeness (QED) is 0.334. The summed E-state index contributed by atoms with van der Waals surface area (Å²) in [6.07, 6.45) is 8.75. The summed E-state index contributed by atoms with van der Waals surface area (Å²) in [5.41, 5.74) is 0. The Morgan fingerprint density at radius 3 is 1.96 bits per heavy atom. The van der Waals surface area contributed by atoms with Crippen molar-refractivity contribution < 1.29 is 0 Å². The topological polar surface area (TPSA) is 0 Å². The molecular formula is C21H25PS. The van der Waals surface area contributed by atoms with Gasteiger partial charge >= 0.3 is 0 Å². The third-order valence-corrected chi connectivity index (χ3v) is 9.13. The fraction of sp³-hybridized carbons (Fsp3) is 0.238. The molecule has 2 aromatic carbocycles. The van der Waals surface area contributed by atoms with Crippen molar-refractivity contribution in [3.8, 4) is 0 Å². The molecule has 0 aliphatic rings. The van der Waals surface area contributed by atoms with E-state index in [2.05, 4.69) is 80.2 Å². The van der Waals surface area contributed by atoms with E-state index in [1.165, 1.54) is 28.8 Å². The highest BCUT2D eigenvalue weighted by Crippen LogP contribution is 2.53. The molecule has 2 aromatic rings. The maximum Gasteiger partial charge on any atom is 0.0340 e. The molecule has 0 N–H and O–H groups in total. The Morgan fingerprint density at radius 2 is 1.52 bits per heavy atom. The number of hydrogen-bond acceptors (Lipinski definition) is 1. The van der Waals surface area contributed by atoms with Gasteiger partial charge in [0.1, 0.15) is 0 Å². The van der Waals surface area contributed by atoms with Crippen LogP contribution in [-0.4, -0.2) is 0 Å². The van der Waals surface area contributed by atoms with Crippen molar-refractivity contribution in [3.05, 3.63) is 84.7 Å². The van der Waals surface area contributed by atoms with E-state index in [9.17, 15) is 0 Å². The lowest BCUT2D eigenvalue weighted by Gasteiger charge is -2.26. The number of benzene rings is 2. The van der Waals surface area contributed by atoms with Crippen molar-refractivity contribution in [3.63, 3.8) is 0 Å². The molecule has 0 aromatic heterocycles. The Balaban J connectivity index is 2.59. The molecule has 0 atom stereocenters. The normalized spacial score (nSPS) is 12.1. The maximum absolute atomic E-state index is 6.37. The minimum atomic E-state index is -1.97. The van der Waals surface area contributed by atoms with Crippen LogP contribution in [-0.2, 0) is 11.8 Å². The average Bonchev–Trinajstić information content (AvgIpc) is 2.62. The second kappa shape index (κ2) is 9.01. The summed E-state index contributed by atoms with van der Waals surface area (Å²) in [7, 11) is 0. The largest absolute Gasteiger partial charge is 0.103 e. The highest BCUT2D eigenvalue weighted by Gasteiger charge is 2.25. The van der Waals surface area contributed by atoms with Crippen molar-refractivity contribution in [1.82, 2.24) is 0 Å². The average molecular weight is 340 g/mol. The van der Waals surface area contributed by atoms with E-state index in [0.29, 0.717) is 0 Å². The van der Waals surface area contributed by atoms with E-state index in [1.807, 2.05) is 6.08 Å². The smallest absolute Gasteiger partial charge is 0.0340 e. The van der Waals surface area contributed by atoms with Crippen LogP contribution < -0.4 is 10.6 Å². The van der Waals surface area contributed by atoms with Gasteiger partial charge in [-0.1, -0.05) is 104 Å². The molecule has 2 heteroatoms. The van der Waals surface area contributed by atoms with Crippen molar-refractivity contribution in [1.29, 1.82) is 0 Å². The van der Waals surface area contributed by atoms with Crippen molar-refractivity contribution in [2.45, 2.75) is 32.6 Å². The molecule has 120 valence electrons. The van der Waals surface area contributed by atoms with Gasteiger partial charge in [-0.25, -0.2) is 0 Å². The number of rotatable bonds is 8. The van der Waals surface area contributed by atoms with Crippen molar-refractivity contribution in [2.75, 3.05) is 0 Å². The molecule has 2 rings (SSSR count). The van der Waals surface area contributed by atoms with Crippen molar-refractivity contribution in [2.24, 2.45) is 0 Å². The highest BCUT2D eigenvalue weighted by atomic mass is 32.4. The fourth-order valence-electron chi connectivity index (χ4n) is 2.72. The molecule has 0 nitrogen and oxygen atoms in total. The third kappa shape index (κ3) is 4.31. The second-order valence-corrected chi connectivity index (χ2v) is 10.1. The molecule has 0 spiro atoms. The summed E-state index contributed by atoms with van der Waals surface area (Å²) in [6, 6.07) is 19.3. The first-order valence-electron chi connectivity index (χ1n) is 8.25. The van der Waals surface area contributed by atoms with E-state index >= 15 is 0 Å². The van der Waals surface area contributed by atoms with E-state index < -0.39 is 6.04 Å². The van der Waals surface area contributed by atoms with Crippen LogP contribution in [0.1, 0.15) is 32.6 Å². The van der Waals surface area contributed by atoms with Crippen LogP contribution in [0.3, 0.4) is 0 Å². The minimum Gasteiger partial charge on any atom is -0.103 e. The standard InChI is InChI=1S/C21H25PS/c1-3-5-8-14-19(13-4-2)22(23,20-15-9-6-10-16-20)21-17-11-7-12-18-21/h4,6-7,9-12,14-18H,2-3,5,8,13H2,1H3/b19-14+. The summed E-state index contributed by atoms with van der Waals surface area (Å²) >= 11 is 6.37. The Labute approximate surface area is 146 Å². The van der Waals surface area contributed by atoms with Gasteiger partial charge in [-0.2, -0.15) is 0 Å². The molecule has 0 bridgehead atoms. The van der Waals surface area contributed by atoms with Gasteiger partial charge in [-0.15, -0.1) is 6.58 Å². The van der Waals surface area contributed by atoms with Crippen LogP contribution >= 0.6 is 6.04 Å². The van der Waals surface area contributed by atoms with Crippen LogP contribution in [0.25, 0.3) is 0 Å². The second-order valence-electron chi connectivity index (χ2n) is 5.61. The first-order chi connectivity index (χ1) is 11.2. The summed E-state index contributed by atoms with van der Waals surface area (Å²) in [6.45, 7) is 6.19. The van der Waals surface area contributed by atoms with Gasteiger partial charge in [0, 0.05) is 6.04 Å². The lowest BCUT2D eigenvalue weighted by atomic mass is 10.2. The van der Waals surface area contributed by atoms with Gasteiger partial charge in [0.25, 0.3) is 0 Å². The summed E-state index contributed by atoms with van der Waals surface area (Å²) in [4.78, 5) is 0. The molecule has 0 unspecified atom stereocenters. The number of hydrogen-bond donors (Lipinski definition) is 0. The van der Waals surface area contributed by atoms with Gasteiger partial charge in [-0.3, -0.25) is 0 Å². The Morgan fingerprint density at radius 1 is 1.00 bits per heavy atom. The first kappa shape index (κ1) is 17.9. The van der Waals surface area contributed by atoms with E-state index in [0.717, 1.165) is 12.8 Å². The van der Waals surface area contributed by atoms with Gasteiger partial charge in [0.2, 0.25) is 0 Å². The zero-order chi connectivity index (χ0) is 16.5. The van der Waals surface area contributed by atoms with Gasteiger partial charge < -0.3 is 0 Å². The SMILES string of the molecule is C=CC/C(=C\CCCC)P(=S)(c1ccccc1)c1ccccc1. The molecule has 0 aliphatic carbocycles. The molecule has 0 radical (unpaired) electrons. The summed E-state index contributed by atoms with van der Waals surface area (Å²) in [5, 5.41) is 3.91. The predicted molar refractivity (Wildman–Crippen MR) is 109 cm³/mol. The minimum absolute atomic E-state index is 0.866. The lowest BCUT2D eigenvalue weighted by molar-refractivity contribution is 0.812. The number of allylic oxidation sites excluding steroid dienone is 3. The van der Waals surface area contributed by atoms with E-state index in [-0.39, 0.29) is 0 Å². The predicted octanol–water partition coefficient (Wildman–Crippen LogP) is 5.77. The molecule has 0 aliphatic heterocycles. The van der Waals surface area contributed by atoms with Crippen LogP contribution in [0.15, 0.2) is 84.7 Å². The van der Waals surface area contributed by atoms with E-state index in [1.54, 1.807) is 0 Å². The first-order valence-corrected chi connectivity index (χ1v) is 11.1. The van der Waals surface area contributed by atoms with Crippen molar-refractivity contribution >= 4 is 28.5 Å². The zero-order valence-electron chi connectivity index (χ0n) is 13.8. The van der Waals surface area contributed by atoms with E-state index in [4.69, 9.17) is 11.8 Å². The van der Waals surface area contributed by atoms with Crippen LogP contribution in [0.2, 0.25) is 0 Å². The molecule has 0 amide bonds. The highest BCUT2D eigenvalue weighted by molar-refractivity contribution is 8.23. The molecular weight excluding hydrogens is 315 g/mol. The van der Waals surface area contributed by atoms with Crippen LogP contribution in [0.4, 0.5) is 0 Å². The maximum atomic E-state index is 6.37. The van der Waals surface area contributed by atoms with Crippen LogP contribution in [0.5, 0.6) is 0 Å². The van der Waals surface area contributed by atoms with Gasteiger partial charge in [0.15, 0.2) is 0 Å². The third-order valence-electron chi connectivity index (χ3n) is 3.94. The Kier molecular flexibility index (Phi) is 7.02. The molecule has 23 heavy (non-hydrogen) atoms. The molecule has 0 heterocycles. The lowest BCUT2D eigenvalue weighted by Crippen LogP contribution is -2.17. The molecule has 0 saturated heterocycles. The molecule has 0 saturated carbocycles. The Hall–Kier alpha value is -1.43. The monoisotopic (exact) mass is 340 g/mol. The van der Waals surface area contributed by atoms with Gasteiger partial charge in [-0.05, 0) is 28.8 Å². The fourth-order valence-corrected chi connectivity index (χ4v) is 6.81. The Bertz CT molecular complexity index is 643. The van der Waals surface area contributed by atoms with Crippen LogP contribution in [0, 0.1) is 0 Å². The van der Waals surface area contributed by atoms with Gasteiger partial charge in [0.05, 0.1) is 0 Å². The zero-order valence-corrected chi connectivity index (χ0v) is 15.5. The summed E-state index contributed by atoms with van der Waals surface area (Å²) < 4.78 is 0. The summed E-state index contributed by atoms with van der Waals surface area (Å²) in [5.74, 6) is 0.